The molecule has 7 heteroatoms. The van der Waals surface area contributed by atoms with Crippen LogP contribution in [0.4, 0.5) is 0 Å². The van der Waals surface area contributed by atoms with Crippen LogP contribution in [0.15, 0.2) is 69.5 Å². The Morgan fingerprint density at radius 3 is 2.51 bits per heavy atom. The predicted molar refractivity (Wildman–Crippen MR) is 142 cm³/mol. The van der Waals surface area contributed by atoms with Gasteiger partial charge in [0.1, 0.15) is 6.10 Å². The van der Waals surface area contributed by atoms with Gasteiger partial charge in [0.2, 0.25) is 6.79 Å². The van der Waals surface area contributed by atoms with Crippen LogP contribution in [0.1, 0.15) is 74.8 Å². The van der Waals surface area contributed by atoms with E-state index < -0.39 is 5.92 Å². The van der Waals surface area contributed by atoms with Gasteiger partial charge in [-0.1, -0.05) is 52.7 Å². The lowest BCUT2D eigenvalue weighted by Gasteiger charge is -2.37. The Labute approximate surface area is 225 Å². The third kappa shape index (κ3) is 4.58. The summed E-state index contributed by atoms with van der Waals surface area (Å²) in [5, 5.41) is 3.45. The predicted octanol–water partition coefficient (Wildman–Crippen LogP) is 6.42. The molecule has 0 aromatic heterocycles. The Morgan fingerprint density at radius 2 is 1.76 bits per heavy atom. The molecule has 2 aromatic rings. The molecule has 2 aromatic carbocycles. The Hall–Kier alpha value is -3.06. The van der Waals surface area contributed by atoms with Crippen LogP contribution >= 0.6 is 15.9 Å². The molecule has 0 spiro atoms. The van der Waals surface area contributed by atoms with Crippen molar-refractivity contribution in [1.82, 2.24) is 5.32 Å². The molecule has 1 N–H and O–H groups in total. The summed E-state index contributed by atoms with van der Waals surface area (Å²) >= 11 is 3.70. The molecule has 1 saturated carbocycles. The van der Waals surface area contributed by atoms with E-state index in [4.69, 9.17) is 14.2 Å². The number of rotatable bonds is 4. The minimum absolute atomic E-state index is 0.0487. The number of allylic oxidation sites excluding steroid dienone is 3. The van der Waals surface area contributed by atoms with Crippen molar-refractivity contribution in [2.24, 2.45) is 0 Å². The van der Waals surface area contributed by atoms with Crippen molar-refractivity contribution in [1.29, 1.82) is 0 Å². The summed E-state index contributed by atoms with van der Waals surface area (Å²) in [4.78, 5) is 27.6. The monoisotopic (exact) mass is 563 g/mol. The molecule has 0 saturated heterocycles. The van der Waals surface area contributed by atoms with Crippen molar-refractivity contribution >= 4 is 27.7 Å². The van der Waals surface area contributed by atoms with Gasteiger partial charge >= 0.3 is 5.97 Å². The van der Waals surface area contributed by atoms with E-state index in [1.807, 2.05) is 37.3 Å². The SMILES string of the molecule is CC1=C(C(=O)OC2CCCCC2)[C@H](c2cc3c(cc2Br)OCO3)C2=C(C[C@@H](c3ccccc3)CC2=O)N1. The number of benzene rings is 2. The first-order valence-electron chi connectivity index (χ1n) is 13.1. The van der Waals surface area contributed by atoms with Crippen LogP contribution in [-0.2, 0) is 14.3 Å². The molecule has 0 bridgehead atoms. The number of dihydropyridines is 1. The second-order valence-electron chi connectivity index (χ2n) is 10.3. The number of Topliss-reactive ketones (excluding diaryl/α,β-unsaturated/α-hetero) is 1. The fraction of sp³-hybridized carbons (Fsp3) is 0.400. The maximum Gasteiger partial charge on any atom is 0.337 e. The van der Waals surface area contributed by atoms with Gasteiger partial charge in [-0.2, -0.15) is 0 Å². The third-order valence-electron chi connectivity index (χ3n) is 7.95. The summed E-state index contributed by atoms with van der Waals surface area (Å²) in [5.74, 6) is 0.486. The maximum absolute atomic E-state index is 13.9. The van der Waals surface area contributed by atoms with Crippen LogP contribution in [0.3, 0.4) is 0 Å². The standard InChI is InChI=1S/C30H30BrNO5/c1-17-27(30(34)37-20-10-6-3-7-11-20)28(21-14-25-26(15-22(21)31)36-16-35-25)29-23(32-17)12-19(13-24(29)33)18-8-4-2-5-9-18/h2,4-5,8-9,14-15,19-20,28,32H,3,6-7,10-13,16H2,1H3/t19-,28+/m1/s1. The van der Waals surface area contributed by atoms with Crippen LogP contribution in [0.2, 0.25) is 0 Å². The molecule has 0 radical (unpaired) electrons. The first-order chi connectivity index (χ1) is 18.0. The largest absolute Gasteiger partial charge is 0.459 e. The number of fused-ring (bicyclic) bond motifs is 1. The van der Waals surface area contributed by atoms with Crippen molar-refractivity contribution < 1.29 is 23.8 Å². The number of esters is 1. The molecule has 0 amide bonds. The molecule has 6 nitrogen and oxygen atoms in total. The van der Waals surface area contributed by atoms with Gasteiger partial charge in [0.05, 0.1) is 5.57 Å². The number of halogens is 1. The molecule has 192 valence electrons. The van der Waals surface area contributed by atoms with Gasteiger partial charge < -0.3 is 19.5 Å². The highest BCUT2D eigenvalue weighted by Crippen LogP contribution is 2.49. The molecule has 1 fully saturated rings. The molecule has 0 unspecified atom stereocenters. The molecular weight excluding hydrogens is 534 g/mol. The molecule has 2 aliphatic heterocycles. The number of hydrogen-bond acceptors (Lipinski definition) is 6. The Morgan fingerprint density at radius 1 is 1.03 bits per heavy atom. The second kappa shape index (κ2) is 10.0. The van der Waals surface area contributed by atoms with Crippen LogP contribution in [0.5, 0.6) is 11.5 Å². The van der Waals surface area contributed by atoms with E-state index in [0.29, 0.717) is 35.5 Å². The molecule has 2 atom stereocenters. The van der Waals surface area contributed by atoms with E-state index in [1.165, 1.54) is 6.42 Å². The molecule has 37 heavy (non-hydrogen) atoms. The summed E-state index contributed by atoms with van der Waals surface area (Å²) < 4.78 is 18.1. The fourth-order valence-electron chi connectivity index (χ4n) is 6.13. The van der Waals surface area contributed by atoms with Gasteiger partial charge in [-0.05, 0) is 68.2 Å². The average molecular weight is 564 g/mol. The Bertz CT molecular complexity index is 1310. The topological polar surface area (TPSA) is 73.9 Å². The van der Waals surface area contributed by atoms with E-state index in [1.54, 1.807) is 0 Å². The summed E-state index contributed by atoms with van der Waals surface area (Å²) in [5.41, 5.74) is 4.71. The number of carbonyl (C=O) groups is 2. The highest BCUT2D eigenvalue weighted by molar-refractivity contribution is 9.10. The van der Waals surface area contributed by atoms with Gasteiger partial charge in [-0.25, -0.2) is 4.79 Å². The minimum Gasteiger partial charge on any atom is -0.459 e. The molecule has 2 heterocycles. The fourth-order valence-corrected chi connectivity index (χ4v) is 6.68. The molecule has 4 aliphatic rings. The van der Waals surface area contributed by atoms with Gasteiger partial charge in [0, 0.05) is 33.8 Å². The zero-order valence-electron chi connectivity index (χ0n) is 20.8. The summed E-state index contributed by atoms with van der Waals surface area (Å²) in [6.07, 6.45) is 6.10. The lowest BCUT2D eigenvalue weighted by atomic mass is 9.71. The smallest absolute Gasteiger partial charge is 0.337 e. The quantitative estimate of drug-likeness (QED) is 0.433. The number of hydrogen-bond donors (Lipinski definition) is 1. The number of carbonyl (C=O) groups excluding carboxylic acids is 2. The van der Waals surface area contributed by atoms with Crippen molar-refractivity contribution in [3.8, 4) is 11.5 Å². The van der Waals surface area contributed by atoms with Crippen molar-refractivity contribution in [2.75, 3.05) is 6.79 Å². The summed E-state index contributed by atoms with van der Waals surface area (Å²) in [6.45, 7) is 2.06. The highest BCUT2D eigenvalue weighted by Gasteiger charge is 2.43. The zero-order valence-corrected chi connectivity index (χ0v) is 22.4. The summed E-state index contributed by atoms with van der Waals surface area (Å²) in [6, 6.07) is 13.9. The van der Waals surface area contributed by atoms with Crippen molar-refractivity contribution in [3.05, 3.63) is 80.6 Å². The average Bonchev–Trinajstić information content (AvgIpc) is 3.35. The zero-order chi connectivity index (χ0) is 25.5. The van der Waals surface area contributed by atoms with Crippen LogP contribution < -0.4 is 14.8 Å². The van der Waals surface area contributed by atoms with Gasteiger partial charge in [0.25, 0.3) is 0 Å². The number of nitrogens with one attached hydrogen (secondary N) is 1. The lowest BCUT2D eigenvalue weighted by molar-refractivity contribution is -0.146. The van der Waals surface area contributed by atoms with Crippen LogP contribution in [-0.4, -0.2) is 24.6 Å². The van der Waals surface area contributed by atoms with Gasteiger partial charge in [-0.15, -0.1) is 0 Å². The summed E-state index contributed by atoms with van der Waals surface area (Å²) in [7, 11) is 0. The van der Waals surface area contributed by atoms with Gasteiger partial charge in [0.15, 0.2) is 17.3 Å². The molecule has 2 aliphatic carbocycles. The molecular formula is C30H30BrNO5. The van der Waals surface area contributed by atoms with Crippen LogP contribution in [0.25, 0.3) is 0 Å². The highest BCUT2D eigenvalue weighted by atomic mass is 79.9. The van der Waals surface area contributed by atoms with E-state index in [9.17, 15) is 9.59 Å². The first kappa shape index (κ1) is 24.3. The van der Waals surface area contributed by atoms with E-state index in [-0.39, 0.29) is 30.6 Å². The van der Waals surface area contributed by atoms with Crippen molar-refractivity contribution in [3.63, 3.8) is 0 Å². The second-order valence-corrected chi connectivity index (χ2v) is 11.2. The van der Waals surface area contributed by atoms with E-state index >= 15 is 0 Å². The van der Waals surface area contributed by atoms with E-state index in [2.05, 4.69) is 33.4 Å². The Balaban J connectivity index is 1.42. The first-order valence-corrected chi connectivity index (χ1v) is 13.9. The maximum atomic E-state index is 13.9. The number of ketones is 1. The van der Waals surface area contributed by atoms with Crippen LogP contribution in [0, 0.1) is 0 Å². The Kier molecular flexibility index (Phi) is 6.57. The van der Waals surface area contributed by atoms with Crippen molar-refractivity contribution in [2.45, 2.75) is 69.8 Å². The van der Waals surface area contributed by atoms with E-state index in [0.717, 1.165) is 52.7 Å². The third-order valence-corrected chi connectivity index (χ3v) is 8.63. The lowest BCUT2D eigenvalue weighted by Crippen LogP contribution is -2.37. The molecule has 6 rings (SSSR count). The number of ether oxygens (including phenoxy) is 3. The minimum atomic E-state index is -0.555. The van der Waals surface area contributed by atoms with Gasteiger partial charge in [-0.3, -0.25) is 4.79 Å². The normalized spacial score (nSPS) is 23.6.